The van der Waals surface area contributed by atoms with E-state index >= 15 is 0 Å². The molecule has 9 heavy (non-hydrogen) atoms. The van der Waals surface area contributed by atoms with E-state index in [-0.39, 0.29) is 0 Å². The molecule has 0 radical (unpaired) electrons. The van der Waals surface area contributed by atoms with E-state index in [0.29, 0.717) is 0 Å². The Morgan fingerprint density at radius 2 is 2.11 bits per heavy atom. The van der Waals surface area contributed by atoms with Crippen molar-refractivity contribution >= 4 is 11.3 Å². The molecule has 1 aliphatic rings. The van der Waals surface area contributed by atoms with Gasteiger partial charge in [-0.1, -0.05) is 13.8 Å². The first kappa shape index (κ1) is 5.48. The van der Waals surface area contributed by atoms with Crippen molar-refractivity contribution in [1.82, 2.24) is 0 Å². The Hall–Kier alpha value is -0.300. The van der Waals surface area contributed by atoms with Gasteiger partial charge in [-0.2, -0.15) is 0 Å². The van der Waals surface area contributed by atoms with Gasteiger partial charge in [-0.05, 0) is 28.8 Å². The van der Waals surface area contributed by atoms with Crippen molar-refractivity contribution in [2.45, 2.75) is 25.7 Å². The summed E-state index contributed by atoms with van der Waals surface area (Å²) >= 11 is 1.90. The van der Waals surface area contributed by atoms with Crippen LogP contribution in [0.3, 0.4) is 0 Å². The van der Waals surface area contributed by atoms with Crippen LogP contribution in [0.2, 0.25) is 0 Å². The molecule has 1 aromatic heterocycles. The molecule has 0 aromatic carbocycles. The molecule has 1 aliphatic carbocycles. The van der Waals surface area contributed by atoms with Crippen LogP contribution in [0.1, 0.15) is 36.1 Å². The van der Waals surface area contributed by atoms with Gasteiger partial charge in [0.1, 0.15) is 0 Å². The molecular formula is C8H10S. The average Bonchev–Trinajstić information content (AvgIpc) is 2.30. The highest BCUT2D eigenvalue weighted by Crippen LogP contribution is 2.48. The maximum absolute atomic E-state index is 2.31. The van der Waals surface area contributed by atoms with Crippen LogP contribution >= 0.6 is 11.3 Å². The predicted octanol–water partition coefficient (Wildman–Crippen LogP) is 2.97. The van der Waals surface area contributed by atoms with E-state index < -0.39 is 0 Å². The lowest BCUT2D eigenvalue weighted by Gasteiger charge is -2.30. The Balaban J connectivity index is 2.50. The third kappa shape index (κ3) is 0.531. The summed E-state index contributed by atoms with van der Waals surface area (Å²) in [4.78, 5) is 1.61. The lowest BCUT2D eigenvalue weighted by Crippen LogP contribution is -2.15. The van der Waals surface area contributed by atoms with E-state index in [4.69, 9.17) is 0 Å². The van der Waals surface area contributed by atoms with Gasteiger partial charge in [0, 0.05) is 4.88 Å². The molecular weight excluding hydrogens is 128 g/mol. The van der Waals surface area contributed by atoms with Gasteiger partial charge >= 0.3 is 0 Å². The highest BCUT2D eigenvalue weighted by Gasteiger charge is 2.31. The maximum Gasteiger partial charge on any atom is 0.0114 e. The molecule has 0 fully saturated rings. The van der Waals surface area contributed by atoms with Gasteiger partial charge in [-0.25, -0.2) is 0 Å². The predicted molar refractivity (Wildman–Crippen MR) is 41.1 cm³/mol. The monoisotopic (exact) mass is 138 g/mol. The molecule has 0 saturated heterocycles. The van der Waals surface area contributed by atoms with Crippen LogP contribution in [0, 0.1) is 0 Å². The summed E-state index contributed by atoms with van der Waals surface area (Å²) in [6.45, 7) is 4.61. The summed E-state index contributed by atoms with van der Waals surface area (Å²) in [5.41, 5.74) is 1.59. The number of rotatable bonds is 0. The minimum absolute atomic E-state index is 0.825. The lowest BCUT2D eigenvalue weighted by atomic mass is 9.76. The van der Waals surface area contributed by atoms with Crippen LogP contribution < -0.4 is 0 Å². The van der Waals surface area contributed by atoms with Crippen LogP contribution in [0.5, 0.6) is 0 Å². The number of thiophene rings is 1. The lowest BCUT2D eigenvalue weighted by molar-refractivity contribution is 0.558. The Morgan fingerprint density at radius 1 is 1.33 bits per heavy atom. The standard InChI is InChI=1S/C8H10S/c1-5-6(2)8-7(5)3-4-9-8/h3-6H,1-2H3/t5?,6-/m1/s1. The molecule has 1 aromatic rings. The molecule has 1 heterocycles. The third-order valence-corrected chi connectivity index (χ3v) is 3.51. The first-order chi connectivity index (χ1) is 4.30. The zero-order valence-electron chi connectivity index (χ0n) is 5.72. The van der Waals surface area contributed by atoms with Gasteiger partial charge in [0.05, 0.1) is 0 Å². The topological polar surface area (TPSA) is 0 Å². The van der Waals surface area contributed by atoms with Gasteiger partial charge in [-0.3, -0.25) is 0 Å². The van der Waals surface area contributed by atoms with Gasteiger partial charge in [0.2, 0.25) is 0 Å². The minimum atomic E-state index is 0.825. The molecule has 0 bridgehead atoms. The second-order valence-electron chi connectivity index (χ2n) is 2.82. The Kier molecular flexibility index (Phi) is 0.974. The van der Waals surface area contributed by atoms with Gasteiger partial charge in [0.25, 0.3) is 0 Å². The largest absolute Gasteiger partial charge is 0.148 e. The summed E-state index contributed by atoms with van der Waals surface area (Å²) in [5.74, 6) is 1.66. The summed E-state index contributed by atoms with van der Waals surface area (Å²) in [7, 11) is 0. The first-order valence-corrected chi connectivity index (χ1v) is 4.26. The van der Waals surface area contributed by atoms with E-state index in [9.17, 15) is 0 Å². The Morgan fingerprint density at radius 3 is 2.78 bits per heavy atom. The van der Waals surface area contributed by atoms with Gasteiger partial charge in [-0.15, -0.1) is 11.3 Å². The smallest absolute Gasteiger partial charge is 0.0114 e. The SMILES string of the molecule is CC1c2ccsc2[C@@H]1C. The number of hydrogen-bond acceptors (Lipinski definition) is 1. The van der Waals surface area contributed by atoms with Gasteiger partial charge in [0.15, 0.2) is 0 Å². The molecule has 2 rings (SSSR count). The summed E-state index contributed by atoms with van der Waals surface area (Å²) in [5, 5.41) is 2.20. The van der Waals surface area contributed by atoms with E-state index in [1.54, 1.807) is 10.4 Å². The van der Waals surface area contributed by atoms with Crippen LogP contribution in [0.25, 0.3) is 0 Å². The molecule has 2 atom stereocenters. The van der Waals surface area contributed by atoms with Crippen LogP contribution in [0.15, 0.2) is 11.4 Å². The molecule has 0 saturated carbocycles. The van der Waals surface area contributed by atoms with Crippen LogP contribution in [-0.2, 0) is 0 Å². The average molecular weight is 138 g/mol. The fourth-order valence-corrected chi connectivity index (χ4v) is 2.65. The van der Waals surface area contributed by atoms with Crippen molar-refractivity contribution < 1.29 is 0 Å². The fraction of sp³-hybridized carbons (Fsp3) is 0.500. The summed E-state index contributed by atoms with van der Waals surface area (Å²) < 4.78 is 0. The fourth-order valence-electron chi connectivity index (χ4n) is 1.48. The first-order valence-electron chi connectivity index (χ1n) is 3.38. The van der Waals surface area contributed by atoms with Crippen molar-refractivity contribution in [2.75, 3.05) is 0 Å². The number of hydrogen-bond donors (Lipinski definition) is 0. The zero-order valence-corrected chi connectivity index (χ0v) is 6.53. The van der Waals surface area contributed by atoms with Crippen molar-refractivity contribution in [1.29, 1.82) is 0 Å². The van der Waals surface area contributed by atoms with Crippen molar-refractivity contribution in [2.24, 2.45) is 0 Å². The van der Waals surface area contributed by atoms with E-state index in [0.717, 1.165) is 11.8 Å². The van der Waals surface area contributed by atoms with Crippen molar-refractivity contribution in [3.63, 3.8) is 0 Å². The number of fused-ring (bicyclic) bond motifs is 1. The van der Waals surface area contributed by atoms with Gasteiger partial charge < -0.3 is 0 Å². The van der Waals surface area contributed by atoms with Crippen LogP contribution in [-0.4, -0.2) is 0 Å². The highest BCUT2D eigenvalue weighted by molar-refractivity contribution is 7.10. The highest BCUT2D eigenvalue weighted by atomic mass is 32.1. The second-order valence-corrected chi connectivity index (χ2v) is 3.77. The quantitative estimate of drug-likeness (QED) is 0.517. The molecule has 1 heteroatoms. The second kappa shape index (κ2) is 1.60. The summed E-state index contributed by atoms with van der Waals surface area (Å²) in [6, 6.07) is 2.25. The van der Waals surface area contributed by atoms with Crippen molar-refractivity contribution in [3.8, 4) is 0 Å². The molecule has 0 amide bonds. The normalized spacial score (nSPS) is 31.3. The van der Waals surface area contributed by atoms with Crippen molar-refractivity contribution in [3.05, 3.63) is 21.9 Å². The molecule has 1 unspecified atom stereocenters. The molecule has 0 spiro atoms. The van der Waals surface area contributed by atoms with E-state index in [1.807, 2.05) is 11.3 Å². The molecule has 0 nitrogen and oxygen atoms in total. The molecule has 0 N–H and O–H groups in total. The Bertz CT molecular complexity index is 202. The Labute approximate surface area is 59.5 Å². The molecule has 48 valence electrons. The minimum Gasteiger partial charge on any atom is -0.148 e. The van der Waals surface area contributed by atoms with Crippen LogP contribution in [0.4, 0.5) is 0 Å². The third-order valence-electron chi connectivity index (χ3n) is 2.38. The van der Waals surface area contributed by atoms with E-state index in [2.05, 4.69) is 25.3 Å². The molecule has 0 aliphatic heterocycles. The zero-order chi connectivity index (χ0) is 6.43. The maximum atomic E-state index is 2.31. The summed E-state index contributed by atoms with van der Waals surface area (Å²) in [6.07, 6.45) is 0. The van der Waals surface area contributed by atoms with E-state index in [1.165, 1.54) is 0 Å².